The number of aromatic nitrogens is 2. The normalized spacial score (nSPS) is 20.1. The van der Waals surface area contributed by atoms with E-state index in [9.17, 15) is 18.0 Å². The van der Waals surface area contributed by atoms with Crippen LogP contribution < -0.4 is 5.32 Å². The van der Waals surface area contributed by atoms with E-state index < -0.39 is 12.1 Å². The van der Waals surface area contributed by atoms with Gasteiger partial charge < -0.3 is 9.84 Å². The van der Waals surface area contributed by atoms with E-state index in [1.807, 2.05) is 0 Å². The maximum atomic E-state index is 12.5. The van der Waals surface area contributed by atoms with E-state index in [1.54, 1.807) is 24.3 Å². The number of carbonyl (C=O) groups excluding carboxylic acids is 1. The van der Waals surface area contributed by atoms with Crippen molar-refractivity contribution in [1.29, 1.82) is 0 Å². The molecule has 136 valence electrons. The smallest absolute Gasteiger partial charge is 0.333 e. The van der Waals surface area contributed by atoms with Gasteiger partial charge in [-0.2, -0.15) is 18.2 Å². The van der Waals surface area contributed by atoms with Crippen molar-refractivity contribution >= 4 is 22.7 Å². The third kappa shape index (κ3) is 3.59. The third-order valence-corrected chi connectivity index (χ3v) is 5.06. The quantitative estimate of drug-likeness (QED) is 0.879. The van der Waals surface area contributed by atoms with Gasteiger partial charge in [-0.15, -0.1) is 11.8 Å². The molecule has 0 bridgehead atoms. The number of halogens is 3. The summed E-state index contributed by atoms with van der Waals surface area (Å²) < 4.78 is 41.8. The summed E-state index contributed by atoms with van der Waals surface area (Å²) in [7, 11) is 0. The maximum absolute atomic E-state index is 12.5. The lowest BCUT2D eigenvalue weighted by Crippen LogP contribution is -2.34. The van der Waals surface area contributed by atoms with Crippen molar-refractivity contribution in [3.63, 3.8) is 0 Å². The summed E-state index contributed by atoms with van der Waals surface area (Å²) in [5.74, 6) is -0.653. The van der Waals surface area contributed by atoms with Crippen molar-refractivity contribution in [2.24, 2.45) is 10.9 Å². The Balaban J connectivity index is 1.46. The zero-order valence-electron chi connectivity index (χ0n) is 13.3. The number of hydrogen-bond acceptors (Lipinski definition) is 6. The van der Waals surface area contributed by atoms with Gasteiger partial charge in [-0.1, -0.05) is 29.4 Å². The zero-order chi connectivity index (χ0) is 18.3. The molecule has 10 heteroatoms. The molecule has 0 spiro atoms. The number of hydrogen-bond donors (Lipinski definition) is 1. The van der Waals surface area contributed by atoms with Gasteiger partial charge in [0.05, 0.1) is 0 Å². The van der Waals surface area contributed by atoms with Crippen LogP contribution >= 0.6 is 11.8 Å². The average Bonchev–Trinajstić information content (AvgIpc) is 3.15. The standard InChI is InChI=1S/C16H13F3N4O2S/c17-16(18,19)15-22-12(23-25-15)8-1-5-10(6-2-8)14-21-11(7-26-14)20-13(24)9-3-4-9/h1-2,5-6,9,11H,3-4,7H2,(H,20,24). The number of thioether (sulfide) groups is 1. The molecule has 1 aromatic carbocycles. The molecule has 1 atom stereocenters. The highest BCUT2D eigenvalue weighted by Gasteiger charge is 2.38. The first-order chi connectivity index (χ1) is 12.4. The zero-order valence-corrected chi connectivity index (χ0v) is 14.1. The lowest BCUT2D eigenvalue weighted by atomic mass is 10.1. The third-order valence-electron chi connectivity index (χ3n) is 3.97. The van der Waals surface area contributed by atoms with Crippen LogP contribution in [0.3, 0.4) is 0 Å². The Morgan fingerprint density at radius 2 is 1.88 bits per heavy atom. The summed E-state index contributed by atoms with van der Waals surface area (Å²) in [6.07, 6.45) is -3.03. The SMILES string of the molecule is O=C(NC1CSC(c2ccc(-c3noc(C(F)(F)F)n3)cc2)=N1)C1CC1. The highest BCUT2D eigenvalue weighted by atomic mass is 32.2. The number of nitrogens with zero attached hydrogens (tertiary/aromatic N) is 3. The van der Waals surface area contributed by atoms with Gasteiger partial charge in [-0.25, -0.2) is 0 Å². The van der Waals surface area contributed by atoms with E-state index in [0.717, 1.165) is 23.4 Å². The van der Waals surface area contributed by atoms with Crippen molar-refractivity contribution in [1.82, 2.24) is 15.5 Å². The molecule has 2 heterocycles. The highest BCUT2D eigenvalue weighted by Crippen LogP contribution is 2.31. The van der Waals surface area contributed by atoms with Crippen molar-refractivity contribution in [2.45, 2.75) is 25.2 Å². The van der Waals surface area contributed by atoms with Crippen molar-refractivity contribution in [2.75, 3.05) is 5.75 Å². The Morgan fingerprint density at radius 3 is 2.50 bits per heavy atom. The van der Waals surface area contributed by atoms with Gasteiger partial charge in [0, 0.05) is 22.8 Å². The number of nitrogens with one attached hydrogen (secondary N) is 1. The summed E-state index contributed by atoms with van der Waals surface area (Å²) >= 11 is 1.52. The molecule has 1 amide bonds. The van der Waals surface area contributed by atoms with Crippen LogP contribution in [0.5, 0.6) is 0 Å². The minimum atomic E-state index is -4.67. The molecule has 2 aliphatic rings. The topological polar surface area (TPSA) is 80.4 Å². The minimum absolute atomic E-state index is 0.0496. The number of alkyl halides is 3. The van der Waals surface area contributed by atoms with Crippen molar-refractivity contribution in [3.05, 3.63) is 35.7 Å². The Hall–Kier alpha value is -2.36. The fraction of sp³-hybridized carbons (Fsp3) is 0.375. The molecule has 0 saturated heterocycles. The van der Waals surface area contributed by atoms with Crippen molar-refractivity contribution < 1.29 is 22.5 Å². The second-order valence-electron chi connectivity index (χ2n) is 6.04. The Kier molecular flexibility index (Phi) is 4.22. The molecular weight excluding hydrogens is 369 g/mol. The lowest BCUT2D eigenvalue weighted by molar-refractivity contribution is -0.159. The van der Waals surface area contributed by atoms with Crippen LogP contribution in [0.1, 0.15) is 24.3 Å². The molecule has 1 N–H and O–H groups in total. The average molecular weight is 382 g/mol. The fourth-order valence-electron chi connectivity index (χ4n) is 2.45. The van der Waals surface area contributed by atoms with Gasteiger partial charge in [0.2, 0.25) is 11.7 Å². The van der Waals surface area contributed by atoms with Gasteiger partial charge in [-0.3, -0.25) is 9.79 Å². The van der Waals surface area contributed by atoms with Gasteiger partial charge in [0.25, 0.3) is 0 Å². The van der Waals surface area contributed by atoms with Crippen molar-refractivity contribution in [3.8, 4) is 11.4 Å². The molecule has 2 aromatic rings. The Morgan fingerprint density at radius 1 is 1.19 bits per heavy atom. The largest absolute Gasteiger partial charge is 0.471 e. The van der Waals surface area contributed by atoms with Crippen LogP contribution in [0.2, 0.25) is 0 Å². The van der Waals surface area contributed by atoms with Gasteiger partial charge >= 0.3 is 12.1 Å². The van der Waals surface area contributed by atoms with Gasteiger partial charge in [-0.05, 0) is 12.8 Å². The van der Waals surface area contributed by atoms with Crippen LogP contribution in [0.4, 0.5) is 13.2 Å². The van der Waals surface area contributed by atoms with E-state index in [1.165, 1.54) is 11.8 Å². The molecule has 1 saturated carbocycles. The van der Waals surface area contributed by atoms with Crippen LogP contribution in [-0.4, -0.2) is 33.0 Å². The highest BCUT2D eigenvalue weighted by molar-refractivity contribution is 8.14. The fourth-order valence-corrected chi connectivity index (χ4v) is 3.43. The minimum Gasteiger partial charge on any atom is -0.333 e. The predicted octanol–water partition coefficient (Wildman–Crippen LogP) is 3.10. The van der Waals surface area contributed by atoms with E-state index in [2.05, 4.69) is 25.0 Å². The van der Waals surface area contributed by atoms with E-state index in [4.69, 9.17) is 0 Å². The molecule has 0 radical (unpaired) electrons. The van der Waals surface area contributed by atoms with Crippen LogP contribution in [0.25, 0.3) is 11.4 Å². The molecule has 4 rings (SSSR count). The van der Waals surface area contributed by atoms with Crippen LogP contribution in [0.15, 0.2) is 33.8 Å². The predicted molar refractivity (Wildman–Crippen MR) is 88.4 cm³/mol. The second kappa shape index (κ2) is 6.42. The van der Waals surface area contributed by atoms with E-state index in [-0.39, 0.29) is 23.8 Å². The molecule has 1 unspecified atom stereocenters. The number of aliphatic imine (C=N–C) groups is 1. The number of rotatable bonds is 4. The lowest BCUT2D eigenvalue weighted by Gasteiger charge is -2.07. The first kappa shape index (κ1) is 17.1. The molecule has 6 nitrogen and oxygen atoms in total. The molecule has 1 fully saturated rings. The van der Waals surface area contributed by atoms with Gasteiger partial charge in [0.15, 0.2) is 0 Å². The molecule has 1 aromatic heterocycles. The summed E-state index contributed by atoms with van der Waals surface area (Å²) in [4.78, 5) is 19.6. The summed E-state index contributed by atoms with van der Waals surface area (Å²) in [5.41, 5.74) is 1.23. The Labute approximate surface area is 150 Å². The number of benzene rings is 1. The molecule has 1 aliphatic carbocycles. The number of amides is 1. The van der Waals surface area contributed by atoms with Gasteiger partial charge in [0.1, 0.15) is 11.2 Å². The maximum Gasteiger partial charge on any atom is 0.471 e. The van der Waals surface area contributed by atoms with Crippen LogP contribution in [-0.2, 0) is 11.0 Å². The molecule has 1 aliphatic heterocycles. The number of carbonyl (C=O) groups is 1. The first-order valence-corrected chi connectivity index (χ1v) is 8.91. The summed E-state index contributed by atoms with van der Waals surface area (Å²) in [5, 5.41) is 7.05. The Bertz CT molecular complexity index is 859. The summed E-state index contributed by atoms with van der Waals surface area (Å²) in [6.45, 7) is 0. The first-order valence-electron chi connectivity index (χ1n) is 7.93. The second-order valence-corrected chi connectivity index (χ2v) is 7.05. The van der Waals surface area contributed by atoms with Crippen LogP contribution in [0, 0.1) is 5.92 Å². The molecule has 26 heavy (non-hydrogen) atoms. The monoisotopic (exact) mass is 382 g/mol. The molecular formula is C16H13F3N4O2S. The van der Waals surface area contributed by atoms with E-state index in [0.29, 0.717) is 11.3 Å². The van der Waals surface area contributed by atoms with E-state index >= 15 is 0 Å². The summed E-state index contributed by atoms with van der Waals surface area (Å²) in [6, 6.07) is 6.69.